The van der Waals surface area contributed by atoms with Crippen molar-refractivity contribution in [1.29, 1.82) is 0 Å². The van der Waals surface area contributed by atoms with Crippen LogP contribution in [0.15, 0.2) is 0 Å². The van der Waals surface area contributed by atoms with Crippen molar-refractivity contribution in [3.63, 3.8) is 0 Å². The normalized spacial score (nSPS) is 34.8. The SMILES string of the molecule is CC1CCC(C(=O)NCC2CCCN2C)CN1. The number of amides is 1. The second-order valence-corrected chi connectivity index (χ2v) is 5.61. The maximum absolute atomic E-state index is 12.0. The predicted molar refractivity (Wildman–Crippen MR) is 68.9 cm³/mol. The number of carbonyl (C=O) groups excluding carboxylic acids is 1. The van der Waals surface area contributed by atoms with E-state index in [-0.39, 0.29) is 11.8 Å². The van der Waals surface area contributed by atoms with Gasteiger partial charge < -0.3 is 15.5 Å². The Bertz CT molecular complexity index is 261. The van der Waals surface area contributed by atoms with Crippen LogP contribution < -0.4 is 10.6 Å². The van der Waals surface area contributed by atoms with E-state index in [2.05, 4.69) is 29.5 Å². The van der Waals surface area contributed by atoms with Crippen LogP contribution in [0.25, 0.3) is 0 Å². The number of rotatable bonds is 3. The Morgan fingerprint density at radius 2 is 2.24 bits per heavy atom. The monoisotopic (exact) mass is 239 g/mol. The first-order chi connectivity index (χ1) is 8.16. The van der Waals surface area contributed by atoms with Gasteiger partial charge in [0.2, 0.25) is 5.91 Å². The first-order valence-corrected chi connectivity index (χ1v) is 6.88. The second kappa shape index (κ2) is 5.83. The van der Waals surface area contributed by atoms with E-state index in [4.69, 9.17) is 0 Å². The molecule has 0 aromatic rings. The summed E-state index contributed by atoms with van der Waals surface area (Å²) in [6, 6.07) is 1.12. The van der Waals surface area contributed by atoms with E-state index in [0.29, 0.717) is 12.1 Å². The summed E-state index contributed by atoms with van der Waals surface area (Å²) in [5, 5.41) is 6.50. The van der Waals surface area contributed by atoms with Crippen molar-refractivity contribution in [2.45, 2.75) is 44.7 Å². The molecule has 4 nitrogen and oxygen atoms in total. The number of hydrogen-bond acceptors (Lipinski definition) is 3. The van der Waals surface area contributed by atoms with Crippen LogP contribution in [-0.4, -0.2) is 49.6 Å². The molecule has 98 valence electrons. The van der Waals surface area contributed by atoms with E-state index in [1.54, 1.807) is 0 Å². The summed E-state index contributed by atoms with van der Waals surface area (Å²) >= 11 is 0. The molecule has 2 fully saturated rings. The minimum atomic E-state index is 0.179. The highest BCUT2D eigenvalue weighted by molar-refractivity contribution is 5.79. The van der Waals surface area contributed by atoms with Crippen LogP contribution >= 0.6 is 0 Å². The number of piperidine rings is 1. The van der Waals surface area contributed by atoms with Gasteiger partial charge in [0.05, 0.1) is 5.92 Å². The van der Waals surface area contributed by atoms with Crippen molar-refractivity contribution >= 4 is 5.91 Å². The van der Waals surface area contributed by atoms with Gasteiger partial charge in [0.25, 0.3) is 0 Å². The molecule has 0 bridgehead atoms. The summed E-state index contributed by atoms with van der Waals surface area (Å²) < 4.78 is 0. The quantitative estimate of drug-likeness (QED) is 0.757. The van der Waals surface area contributed by atoms with Crippen molar-refractivity contribution in [2.75, 3.05) is 26.7 Å². The number of carbonyl (C=O) groups is 1. The van der Waals surface area contributed by atoms with E-state index in [9.17, 15) is 4.79 Å². The van der Waals surface area contributed by atoms with Crippen molar-refractivity contribution in [3.8, 4) is 0 Å². The topological polar surface area (TPSA) is 44.4 Å². The van der Waals surface area contributed by atoms with Crippen LogP contribution in [0.3, 0.4) is 0 Å². The molecule has 0 aromatic heterocycles. The smallest absolute Gasteiger partial charge is 0.224 e. The second-order valence-electron chi connectivity index (χ2n) is 5.61. The molecule has 0 radical (unpaired) electrons. The molecule has 2 saturated heterocycles. The molecule has 0 spiro atoms. The molecule has 0 saturated carbocycles. The molecular weight excluding hydrogens is 214 g/mol. The van der Waals surface area contributed by atoms with Crippen molar-refractivity contribution < 1.29 is 4.79 Å². The number of nitrogens with zero attached hydrogens (tertiary/aromatic N) is 1. The summed E-state index contributed by atoms with van der Waals surface area (Å²) in [7, 11) is 2.15. The van der Waals surface area contributed by atoms with E-state index in [1.165, 1.54) is 19.4 Å². The molecule has 2 aliphatic heterocycles. The molecule has 2 aliphatic rings. The molecule has 2 heterocycles. The predicted octanol–water partition coefficient (Wildman–Crippen LogP) is 0.585. The minimum absolute atomic E-state index is 0.179. The number of likely N-dealkylation sites (N-methyl/N-ethyl adjacent to an activating group) is 1. The summed E-state index contributed by atoms with van der Waals surface area (Å²) in [5.74, 6) is 0.419. The number of nitrogens with one attached hydrogen (secondary N) is 2. The van der Waals surface area contributed by atoms with E-state index in [0.717, 1.165) is 25.9 Å². The molecule has 4 heteroatoms. The van der Waals surface area contributed by atoms with Gasteiger partial charge in [-0.3, -0.25) is 4.79 Å². The minimum Gasteiger partial charge on any atom is -0.354 e. The highest BCUT2D eigenvalue weighted by atomic mass is 16.1. The third-order valence-corrected chi connectivity index (χ3v) is 4.22. The fourth-order valence-electron chi connectivity index (χ4n) is 2.82. The zero-order chi connectivity index (χ0) is 12.3. The lowest BCUT2D eigenvalue weighted by molar-refractivity contribution is -0.125. The van der Waals surface area contributed by atoms with Gasteiger partial charge in [-0.05, 0) is 46.2 Å². The molecule has 1 amide bonds. The maximum Gasteiger partial charge on any atom is 0.224 e. The van der Waals surface area contributed by atoms with Gasteiger partial charge in [0, 0.05) is 25.2 Å². The molecule has 2 N–H and O–H groups in total. The standard InChI is InChI=1S/C13H25N3O/c1-10-5-6-11(8-14-10)13(17)15-9-12-4-3-7-16(12)2/h10-12,14H,3-9H2,1-2H3,(H,15,17). The van der Waals surface area contributed by atoms with Crippen molar-refractivity contribution in [1.82, 2.24) is 15.5 Å². The van der Waals surface area contributed by atoms with Crippen LogP contribution in [0, 0.1) is 5.92 Å². The Labute approximate surface area is 104 Å². The molecule has 0 aliphatic carbocycles. The van der Waals surface area contributed by atoms with Gasteiger partial charge in [0.1, 0.15) is 0 Å². The molecule has 17 heavy (non-hydrogen) atoms. The lowest BCUT2D eigenvalue weighted by Crippen LogP contribution is -2.46. The van der Waals surface area contributed by atoms with Crippen LogP contribution in [0.5, 0.6) is 0 Å². The molecular formula is C13H25N3O. The largest absolute Gasteiger partial charge is 0.354 e. The Morgan fingerprint density at radius 3 is 2.82 bits per heavy atom. The van der Waals surface area contributed by atoms with Crippen LogP contribution in [-0.2, 0) is 4.79 Å². The van der Waals surface area contributed by atoms with Gasteiger partial charge in [-0.2, -0.15) is 0 Å². The highest BCUT2D eigenvalue weighted by Crippen LogP contribution is 2.16. The van der Waals surface area contributed by atoms with Crippen molar-refractivity contribution in [3.05, 3.63) is 0 Å². The first-order valence-electron chi connectivity index (χ1n) is 6.88. The Balaban J connectivity index is 1.70. The number of hydrogen-bond donors (Lipinski definition) is 2. The van der Waals surface area contributed by atoms with E-state index < -0.39 is 0 Å². The van der Waals surface area contributed by atoms with Crippen LogP contribution in [0.4, 0.5) is 0 Å². The zero-order valence-electron chi connectivity index (χ0n) is 11.0. The zero-order valence-corrected chi connectivity index (χ0v) is 11.0. The summed E-state index contributed by atoms with van der Waals surface area (Å²) in [6.45, 7) is 5.01. The van der Waals surface area contributed by atoms with Gasteiger partial charge in [-0.25, -0.2) is 0 Å². The Morgan fingerprint density at radius 1 is 1.41 bits per heavy atom. The third kappa shape index (κ3) is 3.42. The average Bonchev–Trinajstić information content (AvgIpc) is 2.73. The summed E-state index contributed by atoms with van der Waals surface area (Å²) in [4.78, 5) is 14.3. The van der Waals surface area contributed by atoms with Gasteiger partial charge in [-0.1, -0.05) is 0 Å². The number of likely N-dealkylation sites (tertiary alicyclic amines) is 1. The molecule has 3 unspecified atom stereocenters. The Kier molecular flexibility index (Phi) is 4.40. The lowest BCUT2D eigenvalue weighted by atomic mass is 9.95. The first kappa shape index (κ1) is 12.8. The fraction of sp³-hybridized carbons (Fsp3) is 0.923. The molecule has 0 aromatic carbocycles. The molecule has 3 atom stereocenters. The third-order valence-electron chi connectivity index (χ3n) is 4.22. The Hall–Kier alpha value is -0.610. The average molecular weight is 239 g/mol. The highest BCUT2D eigenvalue weighted by Gasteiger charge is 2.26. The van der Waals surface area contributed by atoms with Gasteiger partial charge in [0.15, 0.2) is 0 Å². The summed E-state index contributed by atoms with van der Waals surface area (Å²) in [5.41, 5.74) is 0. The van der Waals surface area contributed by atoms with Gasteiger partial charge >= 0.3 is 0 Å². The van der Waals surface area contributed by atoms with E-state index in [1.807, 2.05) is 0 Å². The molecule has 2 rings (SSSR count). The van der Waals surface area contributed by atoms with Crippen molar-refractivity contribution in [2.24, 2.45) is 5.92 Å². The lowest BCUT2D eigenvalue weighted by Gasteiger charge is -2.27. The maximum atomic E-state index is 12.0. The fourth-order valence-corrected chi connectivity index (χ4v) is 2.82. The van der Waals surface area contributed by atoms with E-state index >= 15 is 0 Å². The van der Waals surface area contributed by atoms with Crippen LogP contribution in [0.2, 0.25) is 0 Å². The van der Waals surface area contributed by atoms with Crippen LogP contribution in [0.1, 0.15) is 32.6 Å². The van der Waals surface area contributed by atoms with Gasteiger partial charge in [-0.15, -0.1) is 0 Å². The summed E-state index contributed by atoms with van der Waals surface area (Å²) in [6.07, 6.45) is 4.62.